The van der Waals surface area contributed by atoms with Gasteiger partial charge in [0.1, 0.15) is 23.5 Å². The van der Waals surface area contributed by atoms with E-state index in [1.165, 1.54) is 5.56 Å². The molecule has 2 N–H and O–H groups in total. The van der Waals surface area contributed by atoms with E-state index in [0.717, 1.165) is 5.75 Å². The van der Waals surface area contributed by atoms with Crippen LogP contribution in [-0.2, 0) is 9.59 Å². The Bertz CT molecular complexity index is 840. The summed E-state index contributed by atoms with van der Waals surface area (Å²) in [6.45, 7) is 4.90. The van der Waals surface area contributed by atoms with Crippen molar-refractivity contribution in [1.82, 2.24) is 5.32 Å². The monoisotopic (exact) mass is 396 g/mol. The zero-order valence-corrected chi connectivity index (χ0v) is 17.2. The van der Waals surface area contributed by atoms with Gasteiger partial charge >= 0.3 is 0 Å². The zero-order chi connectivity index (χ0) is 20.9. The lowest BCUT2D eigenvalue weighted by Crippen LogP contribution is -2.41. The van der Waals surface area contributed by atoms with Gasteiger partial charge < -0.3 is 20.1 Å². The summed E-state index contributed by atoms with van der Waals surface area (Å²) >= 11 is 0. The van der Waals surface area contributed by atoms with Gasteiger partial charge in [-0.05, 0) is 60.7 Å². The molecule has 0 saturated heterocycles. The molecule has 29 heavy (non-hydrogen) atoms. The maximum absolute atomic E-state index is 12.7. The number of carbonyl (C=O) groups is 2. The second-order valence-corrected chi connectivity index (χ2v) is 7.59. The molecule has 154 valence electrons. The SMILES string of the molecule is COc1ccc(OCCNC(=O)C2(C(=O)Nc3ccc(C(C)C)cc3)CC2)cc1. The van der Waals surface area contributed by atoms with E-state index < -0.39 is 5.41 Å². The predicted octanol–water partition coefficient (Wildman–Crippen LogP) is 3.73. The van der Waals surface area contributed by atoms with Gasteiger partial charge in [-0.25, -0.2) is 0 Å². The topological polar surface area (TPSA) is 76.7 Å². The summed E-state index contributed by atoms with van der Waals surface area (Å²) in [4.78, 5) is 25.2. The predicted molar refractivity (Wildman–Crippen MR) is 112 cm³/mol. The van der Waals surface area contributed by atoms with Crippen LogP contribution in [0.15, 0.2) is 48.5 Å². The highest BCUT2D eigenvalue weighted by Crippen LogP contribution is 2.46. The van der Waals surface area contributed by atoms with Crippen LogP contribution in [0.25, 0.3) is 0 Å². The average Bonchev–Trinajstić information content (AvgIpc) is 3.54. The molecule has 0 bridgehead atoms. The van der Waals surface area contributed by atoms with E-state index in [-0.39, 0.29) is 11.8 Å². The highest BCUT2D eigenvalue weighted by atomic mass is 16.5. The fraction of sp³-hybridized carbons (Fsp3) is 0.391. The van der Waals surface area contributed by atoms with Crippen LogP contribution in [0, 0.1) is 5.41 Å². The number of carbonyl (C=O) groups excluding carboxylic acids is 2. The van der Waals surface area contributed by atoms with Crippen LogP contribution in [-0.4, -0.2) is 32.1 Å². The lowest BCUT2D eigenvalue weighted by molar-refractivity contribution is -0.134. The van der Waals surface area contributed by atoms with Crippen molar-refractivity contribution in [3.8, 4) is 11.5 Å². The Kier molecular flexibility index (Phi) is 6.42. The Morgan fingerprint density at radius 3 is 2.14 bits per heavy atom. The number of amides is 2. The van der Waals surface area contributed by atoms with E-state index >= 15 is 0 Å². The largest absolute Gasteiger partial charge is 0.497 e. The fourth-order valence-corrected chi connectivity index (χ4v) is 3.06. The van der Waals surface area contributed by atoms with E-state index in [1.54, 1.807) is 19.2 Å². The molecule has 6 heteroatoms. The van der Waals surface area contributed by atoms with Gasteiger partial charge in [0.15, 0.2) is 0 Å². The van der Waals surface area contributed by atoms with E-state index in [4.69, 9.17) is 9.47 Å². The van der Waals surface area contributed by atoms with Crippen LogP contribution in [0.2, 0.25) is 0 Å². The fourth-order valence-electron chi connectivity index (χ4n) is 3.06. The van der Waals surface area contributed by atoms with Crippen molar-refractivity contribution in [2.75, 3.05) is 25.6 Å². The molecule has 1 fully saturated rings. The molecule has 1 aliphatic rings. The maximum Gasteiger partial charge on any atom is 0.240 e. The third-order valence-corrected chi connectivity index (χ3v) is 5.17. The number of anilines is 1. The lowest BCUT2D eigenvalue weighted by Gasteiger charge is -2.16. The van der Waals surface area contributed by atoms with Crippen molar-refractivity contribution in [2.24, 2.45) is 5.41 Å². The van der Waals surface area contributed by atoms with Crippen LogP contribution in [0.3, 0.4) is 0 Å². The van der Waals surface area contributed by atoms with Gasteiger partial charge in [-0.2, -0.15) is 0 Å². The Balaban J connectivity index is 1.46. The molecule has 6 nitrogen and oxygen atoms in total. The second-order valence-electron chi connectivity index (χ2n) is 7.59. The van der Waals surface area contributed by atoms with E-state index in [2.05, 4.69) is 24.5 Å². The normalized spacial score (nSPS) is 14.2. The molecule has 2 aromatic rings. The van der Waals surface area contributed by atoms with Crippen LogP contribution >= 0.6 is 0 Å². The molecule has 2 aromatic carbocycles. The Hall–Kier alpha value is -3.02. The number of hydrogen-bond donors (Lipinski definition) is 2. The minimum Gasteiger partial charge on any atom is -0.497 e. The number of nitrogens with one attached hydrogen (secondary N) is 2. The first-order chi connectivity index (χ1) is 13.9. The van der Waals surface area contributed by atoms with E-state index in [1.807, 2.05) is 36.4 Å². The van der Waals surface area contributed by atoms with Gasteiger partial charge in [-0.3, -0.25) is 9.59 Å². The van der Waals surface area contributed by atoms with Gasteiger partial charge in [-0.15, -0.1) is 0 Å². The number of methoxy groups -OCH3 is 1. The first-order valence-corrected chi connectivity index (χ1v) is 9.91. The van der Waals surface area contributed by atoms with Crippen LogP contribution in [0.4, 0.5) is 5.69 Å². The Morgan fingerprint density at radius 1 is 0.966 bits per heavy atom. The van der Waals surface area contributed by atoms with Gasteiger partial charge in [0.05, 0.1) is 13.7 Å². The van der Waals surface area contributed by atoms with Crippen LogP contribution in [0.5, 0.6) is 11.5 Å². The summed E-state index contributed by atoms with van der Waals surface area (Å²) < 4.78 is 10.7. The molecule has 2 amide bonds. The quantitative estimate of drug-likeness (QED) is 0.500. The lowest BCUT2D eigenvalue weighted by atomic mass is 10.0. The maximum atomic E-state index is 12.7. The molecule has 0 heterocycles. The molecule has 3 rings (SSSR count). The third kappa shape index (κ3) is 5.08. The highest BCUT2D eigenvalue weighted by Gasteiger charge is 2.56. The number of rotatable bonds is 9. The van der Waals surface area contributed by atoms with Crippen molar-refractivity contribution < 1.29 is 19.1 Å². The molecular weight excluding hydrogens is 368 g/mol. The number of benzene rings is 2. The van der Waals surface area contributed by atoms with Gasteiger partial charge in [0.2, 0.25) is 11.8 Å². The molecule has 0 spiro atoms. The molecule has 0 aromatic heterocycles. The second kappa shape index (κ2) is 8.99. The van der Waals surface area contributed by atoms with E-state index in [9.17, 15) is 9.59 Å². The average molecular weight is 396 g/mol. The van der Waals surface area contributed by atoms with Gasteiger partial charge in [0, 0.05) is 5.69 Å². The van der Waals surface area contributed by atoms with Crippen molar-refractivity contribution in [3.63, 3.8) is 0 Å². The molecule has 1 aliphatic carbocycles. The molecule has 0 aliphatic heterocycles. The summed E-state index contributed by atoms with van der Waals surface area (Å²) in [5.41, 5.74) is 0.955. The van der Waals surface area contributed by atoms with Crippen molar-refractivity contribution in [2.45, 2.75) is 32.6 Å². The molecule has 1 saturated carbocycles. The van der Waals surface area contributed by atoms with E-state index in [0.29, 0.717) is 43.3 Å². The Morgan fingerprint density at radius 2 is 1.59 bits per heavy atom. The van der Waals surface area contributed by atoms with Gasteiger partial charge in [-0.1, -0.05) is 26.0 Å². The summed E-state index contributed by atoms with van der Waals surface area (Å²) in [5.74, 6) is 1.39. The zero-order valence-electron chi connectivity index (χ0n) is 17.2. The Labute approximate surface area is 171 Å². The molecular formula is C23H28N2O4. The van der Waals surface area contributed by atoms with Crippen molar-refractivity contribution in [3.05, 3.63) is 54.1 Å². The highest BCUT2D eigenvalue weighted by molar-refractivity contribution is 6.13. The van der Waals surface area contributed by atoms with Crippen molar-refractivity contribution in [1.29, 1.82) is 0 Å². The molecule has 0 unspecified atom stereocenters. The van der Waals surface area contributed by atoms with Crippen LogP contribution in [0.1, 0.15) is 38.2 Å². The first kappa shape index (κ1) is 20.7. The van der Waals surface area contributed by atoms with Crippen molar-refractivity contribution >= 4 is 17.5 Å². The molecule has 0 atom stereocenters. The minimum absolute atomic E-state index is 0.243. The van der Waals surface area contributed by atoms with Crippen LogP contribution < -0.4 is 20.1 Å². The number of hydrogen-bond acceptors (Lipinski definition) is 4. The summed E-state index contributed by atoms with van der Waals surface area (Å²) in [7, 11) is 1.61. The van der Waals surface area contributed by atoms with Gasteiger partial charge in [0.25, 0.3) is 0 Å². The smallest absolute Gasteiger partial charge is 0.240 e. The third-order valence-electron chi connectivity index (χ3n) is 5.17. The number of ether oxygens (including phenoxy) is 2. The minimum atomic E-state index is -0.961. The standard InChI is InChI=1S/C23H28N2O4/c1-16(2)17-4-6-18(7-5-17)25-22(27)23(12-13-23)21(26)24-14-15-29-20-10-8-19(28-3)9-11-20/h4-11,16H,12-15H2,1-3H3,(H,24,26)(H,25,27). The summed E-state index contributed by atoms with van der Waals surface area (Å²) in [6.07, 6.45) is 1.13. The summed E-state index contributed by atoms with van der Waals surface area (Å²) in [6, 6.07) is 15.0. The first-order valence-electron chi connectivity index (χ1n) is 9.91. The molecule has 0 radical (unpaired) electrons. The summed E-state index contributed by atoms with van der Waals surface area (Å²) in [5, 5.41) is 5.70.